The Balaban J connectivity index is 2.01. The van der Waals surface area contributed by atoms with E-state index in [0.717, 1.165) is 11.2 Å². The summed E-state index contributed by atoms with van der Waals surface area (Å²) in [6.07, 6.45) is 5.97. The topological polar surface area (TPSA) is 87.8 Å². The molecule has 1 aliphatic rings. The van der Waals surface area contributed by atoms with Crippen molar-refractivity contribution in [2.75, 3.05) is 0 Å². The second-order valence-corrected chi connectivity index (χ2v) is 8.04. The first kappa shape index (κ1) is 19.8. The molecular weight excluding hydrogens is 317 g/mol. The van der Waals surface area contributed by atoms with Gasteiger partial charge in [-0.05, 0) is 60.1 Å². The van der Waals surface area contributed by atoms with Crippen molar-refractivity contribution in [3.8, 4) is 0 Å². The number of hydrogen-bond acceptors (Lipinski definition) is 6. The Bertz CT molecular complexity index is 620. The minimum atomic E-state index is -1.01. The molecule has 0 bridgehead atoms. The summed E-state index contributed by atoms with van der Waals surface area (Å²) in [6, 6.07) is 3.37. The highest BCUT2D eigenvalue weighted by atomic mass is 16.7. The normalized spacial score (nSPS) is 20.8. The number of rotatable bonds is 6. The van der Waals surface area contributed by atoms with Crippen molar-refractivity contribution in [3.05, 3.63) is 30.1 Å². The highest BCUT2D eigenvalue weighted by Crippen LogP contribution is 2.36. The molecule has 0 spiro atoms. The fourth-order valence-electron chi connectivity index (χ4n) is 2.45. The van der Waals surface area contributed by atoms with Crippen LogP contribution in [0.4, 0.5) is 0 Å². The van der Waals surface area contributed by atoms with Crippen molar-refractivity contribution in [1.82, 2.24) is 4.98 Å². The number of aromatic nitrogens is 1. The zero-order chi connectivity index (χ0) is 18.9. The summed E-state index contributed by atoms with van der Waals surface area (Å²) in [7, 11) is -0.419. The van der Waals surface area contributed by atoms with Crippen molar-refractivity contribution in [3.63, 3.8) is 0 Å². The third-order valence-electron chi connectivity index (χ3n) is 4.95. The molecule has 1 aromatic heterocycles. The van der Waals surface area contributed by atoms with Crippen LogP contribution >= 0.6 is 0 Å². The minimum absolute atomic E-state index is 0.373. The molecule has 0 aromatic carbocycles. The first-order valence-corrected chi connectivity index (χ1v) is 8.53. The van der Waals surface area contributed by atoms with Crippen LogP contribution in [0.15, 0.2) is 29.5 Å². The smallest absolute Gasteiger partial charge is 0.399 e. The fourth-order valence-corrected chi connectivity index (χ4v) is 2.45. The Morgan fingerprint density at radius 1 is 1.28 bits per heavy atom. The van der Waals surface area contributed by atoms with Gasteiger partial charge in [-0.1, -0.05) is 12.1 Å². The third-order valence-corrected chi connectivity index (χ3v) is 4.95. The first-order chi connectivity index (χ1) is 11.5. The van der Waals surface area contributed by atoms with Gasteiger partial charge in [0.1, 0.15) is 6.04 Å². The van der Waals surface area contributed by atoms with E-state index in [0.29, 0.717) is 6.42 Å². The molecule has 1 unspecified atom stereocenters. The van der Waals surface area contributed by atoms with E-state index in [4.69, 9.17) is 14.8 Å². The lowest BCUT2D eigenvalue weighted by Gasteiger charge is -2.32. The molecule has 2 N–H and O–H groups in total. The molecule has 1 atom stereocenters. The Morgan fingerprint density at radius 2 is 1.88 bits per heavy atom. The quantitative estimate of drug-likeness (QED) is 0.613. The van der Waals surface area contributed by atoms with Gasteiger partial charge in [0.15, 0.2) is 0 Å². The molecule has 0 radical (unpaired) electrons. The summed E-state index contributed by atoms with van der Waals surface area (Å²) in [5, 5.41) is 13.4. The molecule has 6 nitrogen and oxygen atoms in total. The van der Waals surface area contributed by atoms with Gasteiger partial charge >= 0.3 is 7.12 Å². The number of aliphatic hydroxyl groups is 1. The number of hydrogen-bond donors (Lipinski definition) is 2. The summed E-state index contributed by atoms with van der Waals surface area (Å²) in [5.74, 6) is 0. The molecule has 25 heavy (non-hydrogen) atoms. The molecule has 1 fully saturated rings. The Kier molecular flexibility index (Phi) is 5.51. The lowest BCUT2D eigenvalue weighted by Crippen LogP contribution is -2.41. The van der Waals surface area contributed by atoms with Crippen LogP contribution in [0, 0.1) is 5.53 Å². The van der Waals surface area contributed by atoms with E-state index in [1.54, 1.807) is 20.0 Å². The fraction of sp³-hybridized carbons (Fsp3) is 0.611. The average molecular weight is 345 g/mol. The van der Waals surface area contributed by atoms with Crippen LogP contribution in [0.5, 0.6) is 0 Å². The summed E-state index contributed by atoms with van der Waals surface area (Å²) < 4.78 is 12.0. The van der Waals surface area contributed by atoms with Gasteiger partial charge in [-0.25, -0.2) is 5.53 Å². The molecule has 2 rings (SSSR count). The highest BCUT2D eigenvalue weighted by Gasteiger charge is 2.51. The largest absolute Gasteiger partial charge is 0.496 e. The van der Waals surface area contributed by atoms with Gasteiger partial charge in [0.05, 0.1) is 22.5 Å². The molecule has 1 saturated heterocycles. The monoisotopic (exact) mass is 345 g/mol. The molecule has 0 saturated carbocycles. The summed E-state index contributed by atoms with van der Waals surface area (Å²) in [6.45, 7) is 11.4. The number of pyridine rings is 1. The predicted octanol–water partition coefficient (Wildman–Crippen LogP) is 2.95. The third kappa shape index (κ3) is 4.54. The molecule has 0 amide bonds. The maximum Gasteiger partial charge on any atom is 0.496 e. The van der Waals surface area contributed by atoms with Crippen LogP contribution < -0.4 is 5.46 Å². The maximum absolute atomic E-state index is 9.93. The zero-order valence-corrected chi connectivity index (χ0v) is 15.9. The van der Waals surface area contributed by atoms with E-state index in [9.17, 15) is 5.11 Å². The average Bonchev–Trinajstić information content (AvgIpc) is 2.71. The van der Waals surface area contributed by atoms with E-state index >= 15 is 0 Å². The van der Waals surface area contributed by atoms with Crippen molar-refractivity contribution < 1.29 is 14.4 Å². The molecule has 2 heterocycles. The summed E-state index contributed by atoms with van der Waals surface area (Å²) >= 11 is 0. The first-order valence-electron chi connectivity index (χ1n) is 8.53. The van der Waals surface area contributed by atoms with Gasteiger partial charge in [-0.3, -0.25) is 4.98 Å². The maximum atomic E-state index is 9.93. The molecule has 0 aliphatic carbocycles. The van der Waals surface area contributed by atoms with Gasteiger partial charge < -0.3 is 14.4 Å². The summed E-state index contributed by atoms with van der Waals surface area (Å²) in [4.78, 5) is 4.42. The Morgan fingerprint density at radius 3 is 2.32 bits per heavy atom. The lowest BCUT2D eigenvalue weighted by molar-refractivity contribution is 0.00578. The SMILES string of the molecule is CC(C)(O)C(C/C=C/c1ccc(B2OC(C)(C)C(C)(C)O2)cn1)N=N. The van der Waals surface area contributed by atoms with Crippen LogP contribution in [0.2, 0.25) is 0 Å². The number of nitrogens with one attached hydrogen (secondary N) is 1. The van der Waals surface area contributed by atoms with Crippen LogP contribution in [-0.4, -0.2) is 40.1 Å². The van der Waals surface area contributed by atoms with Gasteiger partial charge in [0, 0.05) is 11.7 Å². The molecule has 1 aromatic rings. The van der Waals surface area contributed by atoms with E-state index < -0.39 is 18.8 Å². The van der Waals surface area contributed by atoms with Crippen LogP contribution in [0.1, 0.15) is 53.7 Å². The van der Waals surface area contributed by atoms with Crippen LogP contribution in [-0.2, 0) is 9.31 Å². The molecule has 1 aliphatic heterocycles. The Hall–Kier alpha value is -1.57. The predicted molar refractivity (Wildman–Crippen MR) is 98.8 cm³/mol. The zero-order valence-electron chi connectivity index (χ0n) is 15.9. The van der Waals surface area contributed by atoms with Gasteiger partial charge in [0.2, 0.25) is 0 Å². The number of nitrogens with zero attached hydrogens (tertiary/aromatic N) is 2. The van der Waals surface area contributed by atoms with Crippen molar-refractivity contribution >= 4 is 18.7 Å². The second kappa shape index (κ2) is 6.98. The minimum Gasteiger partial charge on any atom is -0.399 e. The van der Waals surface area contributed by atoms with Crippen LogP contribution in [0.3, 0.4) is 0 Å². The van der Waals surface area contributed by atoms with Gasteiger partial charge in [-0.2, -0.15) is 5.11 Å². The highest BCUT2D eigenvalue weighted by molar-refractivity contribution is 6.62. The van der Waals surface area contributed by atoms with Gasteiger partial charge in [-0.15, -0.1) is 0 Å². The molecule has 136 valence electrons. The summed E-state index contributed by atoms with van der Waals surface area (Å²) in [5.41, 5.74) is 7.09. The molecular formula is C18H28BN3O3. The Labute approximate surface area is 150 Å². The van der Waals surface area contributed by atoms with Crippen molar-refractivity contribution in [2.45, 2.75) is 70.8 Å². The standard InChI is InChI=1S/C18H28BN3O3/c1-16(2,23)15(22-20)9-7-8-14-11-10-13(12-21-14)19-24-17(3,4)18(5,6)25-19/h7-8,10-12,15,20,23H,9H2,1-6H3/b8-7+,22-20?. The van der Waals surface area contributed by atoms with Crippen LogP contribution in [0.25, 0.3) is 6.08 Å². The lowest BCUT2D eigenvalue weighted by atomic mass is 9.80. The van der Waals surface area contributed by atoms with Gasteiger partial charge in [0.25, 0.3) is 0 Å². The van der Waals surface area contributed by atoms with E-state index in [1.165, 1.54) is 0 Å². The molecule has 7 heteroatoms. The van der Waals surface area contributed by atoms with E-state index in [-0.39, 0.29) is 11.2 Å². The van der Waals surface area contributed by atoms with Crippen molar-refractivity contribution in [1.29, 1.82) is 5.53 Å². The van der Waals surface area contributed by atoms with E-state index in [1.807, 2.05) is 52.0 Å². The van der Waals surface area contributed by atoms with E-state index in [2.05, 4.69) is 10.1 Å². The second-order valence-electron chi connectivity index (χ2n) is 8.04. The van der Waals surface area contributed by atoms with Crippen molar-refractivity contribution in [2.24, 2.45) is 5.11 Å².